The van der Waals surface area contributed by atoms with Gasteiger partial charge in [-0.25, -0.2) is 0 Å². The summed E-state index contributed by atoms with van der Waals surface area (Å²) >= 11 is 0. The Bertz CT molecular complexity index is 1810. The van der Waals surface area contributed by atoms with Gasteiger partial charge in [0.2, 0.25) is 0 Å². The standard InChI is InChI=1S/C28H18N2O/c1-15-19-7-5-8-23-27(19)28-21(16(2)29-23)13-18(14-24(28)30-15)17-10-11-26-22(12-17)20-6-3-4-9-25(20)31-26/h3-14H,1-2H3. The molecule has 3 heteroatoms. The average molecular weight is 398 g/mol. The molecule has 0 fully saturated rings. The maximum absolute atomic E-state index is 6.02. The molecule has 31 heavy (non-hydrogen) atoms. The van der Waals surface area contributed by atoms with Crippen LogP contribution < -0.4 is 0 Å². The van der Waals surface area contributed by atoms with Gasteiger partial charge in [-0.15, -0.1) is 0 Å². The molecule has 0 unspecified atom stereocenters. The number of fused-ring (bicyclic) bond motifs is 3. The molecule has 7 aromatic rings. The Hall–Kier alpha value is -3.98. The average Bonchev–Trinajstić information content (AvgIpc) is 3.16. The minimum atomic E-state index is 0.912. The second kappa shape index (κ2) is 5.79. The third-order valence-electron chi connectivity index (χ3n) is 6.48. The van der Waals surface area contributed by atoms with Crippen LogP contribution in [0.4, 0.5) is 0 Å². The van der Waals surface area contributed by atoms with E-state index in [4.69, 9.17) is 14.4 Å². The lowest BCUT2D eigenvalue weighted by atomic mass is 9.94. The topological polar surface area (TPSA) is 38.9 Å². The van der Waals surface area contributed by atoms with Gasteiger partial charge in [0.1, 0.15) is 11.2 Å². The van der Waals surface area contributed by atoms with Crippen LogP contribution in [-0.2, 0) is 0 Å². The summed E-state index contributed by atoms with van der Waals surface area (Å²) in [4.78, 5) is 9.91. The molecular formula is C28H18N2O. The van der Waals surface area contributed by atoms with Gasteiger partial charge in [0.25, 0.3) is 0 Å². The van der Waals surface area contributed by atoms with Crippen LogP contribution in [0.1, 0.15) is 11.4 Å². The lowest BCUT2D eigenvalue weighted by Gasteiger charge is -2.15. The summed E-state index contributed by atoms with van der Waals surface area (Å²) in [5.41, 5.74) is 8.27. The Labute approximate surface area is 178 Å². The maximum atomic E-state index is 6.02. The Kier molecular flexibility index (Phi) is 3.14. The first-order valence-corrected chi connectivity index (χ1v) is 10.5. The first-order chi connectivity index (χ1) is 15.2. The lowest BCUT2D eigenvalue weighted by molar-refractivity contribution is 0.669. The summed E-state index contributed by atoms with van der Waals surface area (Å²) in [6, 6.07) is 25.4. The van der Waals surface area contributed by atoms with E-state index in [0.717, 1.165) is 55.5 Å². The smallest absolute Gasteiger partial charge is 0.135 e. The second-order valence-corrected chi connectivity index (χ2v) is 8.32. The van der Waals surface area contributed by atoms with Gasteiger partial charge < -0.3 is 4.42 Å². The molecule has 0 saturated heterocycles. The van der Waals surface area contributed by atoms with Crippen molar-refractivity contribution in [2.24, 2.45) is 0 Å². The molecule has 0 spiro atoms. The van der Waals surface area contributed by atoms with E-state index in [9.17, 15) is 0 Å². The predicted molar refractivity (Wildman–Crippen MR) is 128 cm³/mol. The molecule has 0 N–H and O–H groups in total. The molecule has 0 aliphatic rings. The largest absolute Gasteiger partial charge is 0.456 e. The highest BCUT2D eigenvalue weighted by atomic mass is 16.3. The minimum absolute atomic E-state index is 0.912. The van der Waals surface area contributed by atoms with Gasteiger partial charge in [0, 0.05) is 43.7 Å². The van der Waals surface area contributed by atoms with Gasteiger partial charge in [-0.3, -0.25) is 9.97 Å². The first-order valence-electron chi connectivity index (χ1n) is 10.5. The summed E-state index contributed by atoms with van der Waals surface area (Å²) in [7, 11) is 0. The lowest BCUT2D eigenvalue weighted by Crippen LogP contribution is -1.96. The molecule has 0 radical (unpaired) electrons. The fourth-order valence-corrected chi connectivity index (χ4v) is 5.01. The Morgan fingerprint density at radius 2 is 1.26 bits per heavy atom. The van der Waals surface area contributed by atoms with E-state index in [1.54, 1.807) is 0 Å². The van der Waals surface area contributed by atoms with Crippen molar-refractivity contribution in [3.05, 3.63) is 84.2 Å². The van der Waals surface area contributed by atoms with E-state index in [2.05, 4.69) is 74.5 Å². The molecule has 7 rings (SSSR count). The van der Waals surface area contributed by atoms with Crippen LogP contribution >= 0.6 is 0 Å². The number of rotatable bonds is 1. The monoisotopic (exact) mass is 398 g/mol. The molecule has 0 amide bonds. The van der Waals surface area contributed by atoms with Crippen LogP contribution in [-0.4, -0.2) is 9.97 Å². The van der Waals surface area contributed by atoms with E-state index in [1.807, 2.05) is 12.1 Å². The van der Waals surface area contributed by atoms with Crippen molar-refractivity contribution < 1.29 is 4.42 Å². The van der Waals surface area contributed by atoms with Crippen LogP contribution in [0.5, 0.6) is 0 Å². The number of benzene rings is 4. The van der Waals surface area contributed by atoms with Crippen molar-refractivity contribution in [3.63, 3.8) is 0 Å². The Morgan fingerprint density at radius 3 is 2.19 bits per heavy atom. The number of aryl methyl sites for hydroxylation is 2. The van der Waals surface area contributed by atoms with Crippen molar-refractivity contribution >= 4 is 54.5 Å². The van der Waals surface area contributed by atoms with Crippen molar-refractivity contribution in [2.75, 3.05) is 0 Å². The highest BCUT2D eigenvalue weighted by Crippen LogP contribution is 2.39. The van der Waals surface area contributed by atoms with Gasteiger partial charge in [-0.05, 0) is 61.4 Å². The molecule has 0 atom stereocenters. The molecule has 0 saturated carbocycles. The number of hydrogen-bond donors (Lipinski definition) is 0. The predicted octanol–water partition coefficient (Wildman–Crippen LogP) is 7.56. The zero-order valence-electron chi connectivity index (χ0n) is 17.2. The molecule has 3 aromatic heterocycles. The second-order valence-electron chi connectivity index (χ2n) is 8.32. The van der Waals surface area contributed by atoms with E-state index >= 15 is 0 Å². The van der Waals surface area contributed by atoms with Crippen molar-refractivity contribution in [3.8, 4) is 11.1 Å². The molecule has 3 nitrogen and oxygen atoms in total. The van der Waals surface area contributed by atoms with E-state index in [1.165, 1.54) is 21.5 Å². The minimum Gasteiger partial charge on any atom is -0.456 e. The number of aromatic nitrogens is 2. The highest BCUT2D eigenvalue weighted by Gasteiger charge is 2.16. The molecule has 3 heterocycles. The normalized spacial score (nSPS) is 12.2. The number of pyridine rings is 2. The Morgan fingerprint density at radius 1 is 0.548 bits per heavy atom. The third kappa shape index (κ3) is 2.23. The van der Waals surface area contributed by atoms with Crippen molar-refractivity contribution in [2.45, 2.75) is 13.8 Å². The number of hydrogen-bond acceptors (Lipinski definition) is 3. The molecule has 0 bridgehead atoms. The summed E-state index contributed by atoms with van der Waals surface area (Å²) in [6.07, 6.45) is 0. The van der Waals surface area contributed by atoms with Crippen molar-refractivity contribution in [1.82, 2.24) is 9.97 Å². The highest BCUT2D eigenvalue weighted by molar-refractivity contribution is 6.22. The number of nitrogens with zero attached hydrogens (tertiary/aromatic N) is 2. The molecule has 146 valence electrons. The fraction of sp³-hybridized carbons (Fsp3) is 0.0714. The van der Waals surface area contributed by atoms with Gasteiger partial charge in [-0.2, -0.15) is 0 Å². The molecular weight excluding hydrogens is 380 g/mol. The SMILES string of the molecule is Cc1nc2cc(-c3ccc4oc5ccccc5c4c3)cc3c(C)nc4cccc1c4c23. The molecule has 4 aromatic carbocycles. The Balaban J connectivity index is 1.58. The van der Waals surface area contributed by atoms with E-state index < -0.39 is 0 Å². The van der Waals surface area contributed by atoms with E-state index in [-0.39, 0.29) is 0 Å². The fourth-order valence-electron chi connectivity index (χ4n) is 5.01. The van der Waals surface area contributed by atoms with Gasteiger partial charge >= 0.3 is 0 Å². The van der Waals surface area contributed by atoms with Gasteiger partial charge in [0.15, 0.2) is 0 Å². The quantitative estimate of drug-likeness (QED) is 0.268. The first kappa shape index (κ1) is 16.8. The summed E-state index contributed by atoms with van der Waals surface area (Å²) < 4.78 is 6.02. The van der Waals surface area contributed by atoms with Crippen LogP contribution in [0.3, 0.4) is 0 Å². The van der Waals surface area contributed by atoms with Crippen LogP contribution in [0, 0.1) is 13.8 Å². The maximum Gasteiger partial charge on any atom is 0.135 e. The number of para-hydroxylation sites is 1. The third-order valence-corrected chi connectivity index (χ3v) is 6.48. The van der Waals surface area contributed by atoms with Crippen LogP contribution in [0.25, 0.3) is 65.6 Å². The summed E-state index contributed by atoms with van der Waals surface area (Å²) in [5, 5.41) is 7.05. The van der Waals surface area contributed by atoms with Gasteiger partial charge in [0.05, 0.1) is 11.0 Å². The van der Waals surface area contributed by atoms with Gasteiger partial charge in [-0.1, -0.05) is 36.4 Å². The molecule has 0 aliphatic carbocycles. The van der Waals surface area contributed by atoms with Crippen LogP contribution in [0.15, 0.2) is 77.2 Å². The van der Waals surface area contributed by atoms with E-state index in [0.29, 0.717) is 0 Å². The van der Waals surface area contributed by atoms with Crippen molar-refractivity contribution in [1.29, 1.82) is 0 Å². The van der Waals surface area contributed by atoms with Crippen LogP contribution in [0.2, 0.25) is 0 Å². The molecule has 0 aliphatic heterocycles. The zero-order chi connectivity index (χ0) is 20.7. The summed E-state index contributed by atoms with van der Waals surface area (Å²) in [6.45, 7) is 4.17. The summed E-state index contributed by atoms with van der Waals surface area (Å²) in [5.74, 6) is 0. The zero-order valence-corrected chi connectivity index (χ0v) is 17.2. The number of furan rings is 1.